The van der Waals surface area contributed by atoms with Crippen LogP contribution in [-0.2, 0) is 22.2 Å². The molecule has 8 heteroatoms. The number of halogens is 1. The SMILES string of the molecule is Cc1cccc(CS(=O)(=O)NCCc2nc(-c3ccc(F)cc3)no2)c1. The highest BCUT2D eigenvalue weighted by molar-refractivity contribution is 7.88. The van der Waals surface area contributed by atoms with E-state index in [1.807, 2.05) is 25.1 Å². The molecule has 3 aromatic rings. The number of aromatic nitrogens is 2. The lowest BCUT2D eigenvalue weighted by Crippen LogP contribution is -2.27. The van der Waals surface area contributed by atoms with E-state index in [1.54, 1.807) is 18.2 Å². The van der Waals surface area contributed by atoms with Crippen molar-refractivity contribution >= 4 is 10.0 Å². The Kier molecular flexibility index (Phi) is 5.43. The van der Waals surface area contributed by atoms with E-state index in [9.17, 15) is 12.8 Å². The molecule has 0 radical (unpaired) electrons. The van der Waals surface area contributed by atoms with Gasteiger partial charge in [0.05, 0.1) is 5.75 Å². The second-order valence-electron chi connectivity index (χ2n) is 5.91. The molecule has 0 saturated heterocycles. The van der Waals surface area contributed by atoms with Crippen molar-refractivity contribution in [3.8, 4) is 11.4 Å². The van der Waals surface area contributed by atoms with Gasteiger partial charge in [0.25, 0.3) is 0 Å². The number of hydrogen-bond acceptors (Lipinski definition) is 5. The third-order valence-electron chi connectivity index (χ3n) is 3.67. The van der Waals surface area contributed by atoms with Gasteiger partial charge in [0, 0.05) is 18.5 Å². The van der Waals surface area contributed by atoms with E-state index in [1.165, 1.54) is 12.1 Å². The van der Waals surface area contributed by atoms with Crippen LogP contribution in [-0.4, -0.2) is 25.1 Å². The first-order valence-electron chi connectivity index (χ1n) is 8.03. The van der Waals surface area contributed by atoms with Crippen LogP contribution in [0.5, 0.6) is 0 Å². The molecule has 0 amide bonds. The van der Waals surface area contributed by atoms with Gasteiger partial charge in [0.2, 0.25) is 21.7 Å². The van der Waals surface area contributed by atoms with E-state index in [2.05, 4.69) is 14.9 Å². The Morgan fingerprint density at radius 3 is 2.65 bits per heavy atom. The van der Waals surface area contributed by atoms with Crippen molar-refractivity contribution in [2.75, 3.05) is 6.54 Å². The zero-order valence-corrected chi connectivity index (χ0v) is 15.0. The Morgan fingerprint density at radius 2 is 1.92 bits per heavy atom. The number of nitrogens with one attached hydrogen (secondary N) is 1. The Balaban J connectivity index is 1.55. The number of hydrogen-bond donors (Lipinski definition) is 1. The normalized spacial score (nSPS) is 11.6. The molecule has 2 aromatic carbocycles. The third-order valence-corrected chi connectivity index (χ3v) is 5.03. The Labute approximate surface area is 151 Å². The summed E-state index contributed by atoms with van der Waals surface area (Å²) in [7, 11) is -3.45. The fourth-order valence-corrected chi connectivity index (χ4v) is 3.59. The fourth-order valence-electron chi connectivity index (χ4n) is 2.46. The first-order chi connectivity index (χ1) is 12.4. The molecule has 0 unspecified atom stereocenters. The summed E-state index contributed by atoms with van der Waals surface area (Å²) >= 11 is 0. The maximum atomic E-state index is 12.9. The van der Waals surface area contributed by atoms with Gasteiger partial charge in [0.1, 0.15) is 5.82 Å². The highest BCUT2D eigenvalue weighted by atomic mass is 32.2. The van der Waals surface area contributed by atoms with Gasteiger partial charge in [-0.1, -0.05) is 35.0 Å². The second kappa shape index (κ2) is 7.76. The largest absolute Gasteiger partial charge is 0.339 e. The van der Waals surface area contributed by atoms with Crippen LogP contribution in [0.25, 0.3) is 11.4 Å². The topological polar surface area (TPSA) is 85.1 Å². The van der Waals surface area contributed by atoms with Gasteiger partial charge in [-0.25, -0.2) is 17.5 Å². The maximum absolute atomic E-state index is 12.9. The van der Waals surface area contributed by atoms with Gasteiger partial charge in [-0.2, -0.15) is 4.98 Å². The van der Waals surface area contributed by atoms with Crippen LogP contribution in [0.15, 0.2) is 53.1 Å². The fraction of sp³-hybridized carbons (Fsp3) is 0.222. The highest BCUT2D eigenvalue weighted by Crippen LogP contribution is 2.16. The summed E-state index contributed by atoms with van der Waals surface area (Å²) in [5.41, 5.74) is 2.37. The summed E-state index contributed by atoms with van der Waals surface area (Å²) < 4.78 is 44.9. The van der Waals surface area contributed by atoms with Crippen molar-refractivity contribution in [1.82, 2.24) is 14.9 Å². The number of benzene rings is 2. The Bertz CT molecular complexity index is 985. The minimum atomic E-state index is -3.45. The van der Waals surface area contributed by atoms with E-state index < -0.39 is 10.0 Å². The molecule has 0 aliphatic rings. The summed E-state index contributed by atoms with van der Waals surface area (Å²) in [6.07, 6.45) is 0.265. The minimum Gasteiger partial charge on any atom is -0.339 e. The van der Waals surface area contributed by atoms with Gasteiger partial charge < -0.3 is 4.52 Å². The molecule has 26 heavy (non-hydrogen) atoms. The zero-order chi connectivity index (χ0) is 18.6. The van der Waals surface area contributed by atoms with E-state index in [0.717, 1.165) is 11.1 Å². The molecule has 0 aliphatic carbocycles. The number of nitrogens with zero attached hydrogens (tertiary/aromatic N) is 2. The molecule has 1 heterocycles. The van der Waals surface area contributed by atoms with Gasteiger partial charge in [0.15, 0.2) is 0 Å². The maximum Gasteiger partial charge on any atom is 0.228 e. The van der Waals surface area contributed by atoms with Crippen molar-refractivity contribution in [2.24, 2.45) is 0 Å². The van der Waals surface area contributed by atoms with Crippen molar-refractivity contribution < 1.29 is 17.3 Å². The Morgan fingerprint density at radius 1 is 1.15 bits per heavy atom. The summed E-state index contributed by atoms with van der Waals surface area (Å²) in [6, 6.07) is 13.1. The third kappa shape index (κ3) is 4.96. The molecule has 0 spiro atoms. The van der Waals surface area contributed by atoms with Crippen molar-refractivity contribution in [1.29, 1.82) is 0 Å². The van der Waals surface area contributed by atoms with Crippen LogP contribution in [0, 0.1) is 12.7 Å². The van der Waals surface area contributed by atoms with Crippen LogP contribution >= 0.6 is 0 Å². The molecule has 0 aliphatic heterocycles. The molecular weight excluding hydrogens is 357 g/mol. The molecule has 6 nitrogen and oxygen atoms in total. The molecule has 1 aromatic heterocycles. The summed E-state index contributed by atoms with van der Waals surface area (Å²) in [4.78, 5) is 4.19. The van der Waals surface area contributed by atoms with Crippen LogP contribution in [0.1, 0.15) is 17.0 Å². The zero-order valence-electron chi connectivity index (χ0n) is 14.1. The summed E-state index contributed by atoms with van der Waals surface area (Å²) in [6.45, 7) is 2.07. The average Bonchev–Trinajstić information content (AvgIpc) is 3.04. The molecule has 0 atom stereocenters. The van der Waals surface area contributed by atoms with Crippen LogP contribution < -0.4 is 4.72 Å². The molecule has 0 fully saturated rings. The second-order valence-corrected chi connectivity index (χ2v) is 7.72. The predicted molar refractivity (Wildman–Crippen MR) is 95.2 cm³/mol. The van der Waals surface area contributed by atoms with Gasteiger partial charge >= 0.3 is 0 Å². The number of sulfonamides is 1. The smallest absolute Gasteiger partial charge is 0.228 e. The van der Waals surface area contributed by atoms with Crippen molar-refractivity contribution in [2.45, 2.75) is 19.1 Å². The van der Waals surface area contributed by atoms with Gasteiger partial charge in [-0.3, -0.25) is 0 Å². The van der Waals surface area contributed by atoms with Crippen LogP contribution in [0.3, 0.4) is 0 Å². The lowest BCUT2D eigenvalue weighted by molar-refractivity contribution is 0.379. The first kappa shape index (κ1) is 18.2. The summed E-state index contributed by atoms with van der Waals surface area (Å²) in [5.74, 6) is 0.213. The molecule has 0 bridgehead atoms. The molecular formula is C18H18FN3O3S. The molecule has 1 N–H and O–H groups in total. The Hall–Kier alpha value is -2.58. The minimum absolute atomic E-state index is 0.0840. The van der Waals surface area contributed by atoms with Gasteiger partial charge in [-0.15, -0.1) is 0 Å². The lowest BCUT2D eigenvalue weighted by Gasteiger charge is -2.06. The summed E-state index contributed by atoms with van der Waals surface area (Å²) in [5, 5.41) is 3.82. The molecule has 3 rings (SSSR count). The van der Waals surface area contributed by atoms with E-state index >= 15 is 0 Å². The first-order valence-corrected chi connectivity index (χ1v) is 9.68. The standard InChI is InChI=1S/C18H18FN3O3S/c1-13-3-2-4-14(11-13)12-26(23,24)20-10-9-17-21-18(22-25-17)15-5-7-16(19)8-6-15/h2-8,11,20H,9-10,12H2,1H3. The highest BCUT2D eigenvalue weighted by Gasteiger charge is 2.13. The van der Waals surface area contributed by atoms with E-state index in [4.69, 9.17) is 4.52 Å². The molecule has 136 valence electrons. The monoisotopic (exact) mass is 375 g/mol. The van der Waals surface area contributed by atoms with E-state index in [0.29, 0.717) is 17.3 Å². The van der Waals surface area contributed by atoms with Crippen molar-refractivity contribution in [3.05, 3.63) is 71.4 Å². The molecule has 0 saturated carbocycles. The lowest BCUT2D eigenvalue weighted by atomic mass is 10.2. The number of aryl methyl sites for hydroxylation is 1. The van der Waals surface area contributed by atoms with Crippen molar-refractivity contribution in [3.63, 3.8) is 0 Å². The van der Waals surface area contributed by atoms with Gasteiger partial charge in [-0.05, 0) is 36.8 Å². The van der Waals surface area contributed by atoms with Crippen LogP contribution in [0.4, 0.5) is 4.39 Å². The number of rotatable bonds is 7. The van der Waals surface area contributed by atoms with Crippen LogP contribution in [0.2, 0.25) is 0 Å². The predicted octanol–water partition coefficient (Wildman–Crippen LogP) is 2.85. The average molecular weight is 375 g/mol. The quantitative estimate of drug-likeness (QED) is 0.686. The van der Waals surface area contributed by atoms with E-state index in [-0.39, 0.29) is 24.5 Å².